The molecule has 5 aliphatic rings. The smallest absolute Gasteiger partial charge is 0.415 e. The zero-order chi connectivity index (χ0) is 36.1. The molecule has 276 valence electrons. The molecule has 2 saturated carbocycles. The Morgan fingerprint density at radius 1 is 0.980 bits per heavy atom. The van der Waals surface area contributed by atoms with Gasteiger partial charge in [-0.2, -0.15) is 0 Å². The topological polar surface area (TPSA) is 156 Å². The molecule has 0 radical (unpaired) electrons. The van der Waals surface area contributed by atoms with Crippen molar-refractivity contribution in [1.82, 2.24) is 20.4 Å². The Balaban J connectivity index is 1.18. The molecule has 2 bridgehead atoms. The molecule has 2 aliphatic heterocycles. The third-order valence-electron chi connectivity index (χ3n) is 10.5. The molecule has 13 nitrogen and oxygen atoms in total. The number of Topliss-reactive ketones (excluding diaryl/α,β-unsaturated/α-hetero) is 1. The van der Waals surface area contributed by atoms with Crippen LogP contribution in [0.2, 0.25) is 0 Å². The Kier molecular flexibility index (Phi) is 9.79. The summed E-state index contributed by atoms with van der Waals surface area (Å²) in [6.07, 6.45) is 2.65. The number of carbonyl (C=O) groups is 4. The van der Waals surface area contributed by atoms with E-state index in [1.165, 1.54) is 17.7 Å². The number of nitrogens with zero attached hydrogens (tertiary/aromatic N) is 2. The molecule has 3 aliphatic carbocycles. The molecule has 2 heterocycles. The second-order valence-electron chi connectivity index (χ2n) is 16.6. The number of alkyl carbamates (subject to hydrolysis) is 2. The Labute approximate surface area is 294 Å². The van der Waals surface area contributed by atoms with E-state index in [2.05, 4.69) is 15.5 Å². The first-order valence-electron chi connectivity index (χ1n) is 18.2. The van der Waals surface area contributed by atoms with Gasteiger partial charge in [0.1, 0.15) is 11.2 Å². The van der Waals surface area contributed by atoms with E-state index in [0.717, 1.165) is 24.2 Å². The van der Waals surface area contributed by atoms with Crippen LogP contribution in [0.4, 0.5) is 14.4 Å². The molecule has 1 aromatic rings. The minimum absolute atomic E-state index is 0.0259. The first kappa shape index (κ1) is 36.2. The van der Waals surface area contributed by atoms with Crippen molar-refractivity contribution in [3.05, 3.63) is 23.3 Å². The average molecular weight is 699 g/mol. The van der Waals surface area contributed by atoms with Gasteiger partial charge in [-0.15, -0.1) is 0 Å². The fourth-order valence-electron chi connectivity index (χ4n) is 8.34. The van der Waals surface area contributed by atoms with Gasteiger partial charge in [0.25, 0.3) is 0 Å². The van der Waals surface area contributed by atoms with Gasteiger partial charge in [0.15, 0.2) is 23.4 Å². The SMILES string of the molecule is CC(C)(C)OC(=O)NCCCN(CCCNC(=O)OC(C)(C)C)C(=O)Oc1ccc2c3c1O[C@H]1C(=O)CC[C@@]4(O)[C@@H](C2)N(CC2CC2)CC[C@]314. The molecule has 1 saturated heterocycles. The van der Waals surface area contributed by atoms with E-state index in [-0.39, 0.29) is 50.2 Å². The van der Waals surface area contributed by atoms with Gasteiger partial charge in [0.2, 0.25) is 0 Å². The zero-order valence-corrected chi connectivity index (χ0v) is 30.4. The van der Waals surface area contributed by atoms with Crippen molar-refractivity contribution in [2.45, 2.75) is 127 Å². The number of ether oxygens (including phenoxy) is 4. The summed E-state index contributed by atoms with van der Waals surface area (Å²) in [7, 11) is 0. The van der Waals surface area contributed by atoms with Crippen LogP contribution in [0.3, 0.4) is 0 Å². The summed E-state index contributed by atoms with van der Waals surface area (Å²) in [6, 6.07) is 3.60. The van der Waals surface area contributed by atoms with E-state index in [1.54, 1.807) is 47.6 Å². The van der Waals surface area contributed by atoms with Crippen molar-refractivity contribution in [3.63, 3.8) is 0 Å². The zero-order valence-electron chi connectivity index (χ0n) is 30.4. The van der Waals surface area contributed by atoms with E-state index in [0.29, 0.717) is 43.8 Å². The Morgan fingerprint density at radius 3 is 2.18 bits per heavy atom. The van der Waals surface area contributed by atoms with Crippen LogP contribution in [-0.4, -0.2) is 107 Å². The molecule has 3 N–H and O–H groups in total. The number of piperidine rings is 1. The van der Waals surface area contributed by atoms with Gasteiger partial charge in [0.05, 0.1) is 11.0 Å². The number of nitrogens with one attached hydrogen (secondary N) is 2. The summed E-state index contributed by atoms with van der Waals surface area (Å²) in [4.78, 5) is 55.6. The maximum absolute atomic E-state index is 13.8. The molecule has 0 unspecified atom stereocenters. The highest BCUT2D eigenvalue weighted by molar-refractivity contribution is 5.90. The van der Waals surface area contributed by atoms with E-state index in [9.17, 15) is 24.3 Å². The van der Waals surface area contributed by atoms with Crippen LogP contribution in [0.1, 0.15) is 97.6 Å². The Bertz CT molecular complexity index is 1460. The predicted molar refractivity (Wildman–Crippen MR) is 183 cm³/mol. The number of benzene rings is 1. The van der Waals surface area contributed by atoms with Gasteiger partial charge in [-0.3, -0.25) is 9.69 Å². The lowest BCUT2D eigenvalue weighted by atomic mass is 9.49. The Hall–Kier alpha value is -3.58. The number of ketones is 1. The van der Waals surface area contributed by atoms with Crippen molar-refractivity contribution in [3.8, 4) is 11.5 Å². The molecule has 13 heteroatoms. The molecular formula is C37H54N4O9. The second-order valence-corrected chi connectivity index (χ2v) is 16.6. The van der Waals surface area contributed by atoms with Crippen LogP contribution in [0.5, 0.6) is 11.5 Å². The minimum atomic E-state index is -1.12. The standard InChI is InChI=1S/C37H54N4O9/c1-34(2,3)49-31(43)38-16-7-18-40(19-8-17-39-32(44)50-35(4,5)6)33(45)47-26-12-11-24-21-27-37(46)14-13-25(42)30-36(37,28(24)29(26)48-30)15-20-41(27)22-23-9-10-23/h11-12,23,27,30,46H,7-10,13-22H2,1-6H3,(H,38,43)(H,39,44)/t27-,30+,36+,37-/m1/s1. The number of hydrogen-bond donors (Lipinski definition) is 3. The molecular weight excluding hydrogens is 644 g/mol. The first-order valence-corrected chi connectivity index (χ1v) is 18.2. The fourth-order valence-corrected chi connectivity index (χ4v) is 8.34. The van der Waals surface area contributed by atoms with Crippen LogP contribution in [0.15, 0.2) is 12.1 Å². The molecule has 1 aromatic carbocycles. The third-order valence-corrected chi connectivity index (χ3v) is 10.5. The average Bonchev–Trinajstić information content (AvgIpc) is 3.75. The van der Waals surface area contributed by atoms with E-state index >= 15 is 0 Å². The summed E-state index contributed by atoms with van der Waals surface area (Å²) < 4.78 is 23.2. The summed E-state index contributed by atoms with van der Waals surface area (Å²) >= 11 is 0. The molecule has 4 atom stereocenters. The van der Waals surface area contributed by atoms with E-state index in [1.807, 2.05) is 6.07 Å². The minimum Gasteiger partial charge on any atom is -0.477 e. The largest absolute Gasteiger partial charge is 0.477 e. The highest BCUT2D eigenvalue weighted by atomic mass is 16.6. The number of hydrogen-bond acceptors (Lipinski definition) is 10. The number of carbonyl (C=O) groups excluding carboxylic acids is 4. The van der Waals surface area contributed by atoms with Crippen LogP contribution >= 0.6 is 0 Å². The van der Waals surface area contributed by atoms with E-state index in [4.69, 9.17) is 18.9 Å². The van der Waals surface area contributed by atoms with Crippen molar-refractivity contribution < 1.29 is 43.2 Å². The molecule has 1 spiro atoms. The first-order chi connectivity index (χ1) is 23.5. The fraction of sp³-hybridized carbons (Fsp3) is 0.730. The maximum Gasteiger partial charge on any atom is 0.415 e. The van der Waals surface area contributed by atoms with Gasteiger partial charge in [-0.25, -0.2) is 14.4 Å². The molecule has 0 aromatic heterocycles. The summed E-state index contributed by atoms with van der Waals surface area (Å²) in [5, 5.41) is 18.0. The highest BCUT2D eigenvalue weighted by Gasteiger charge is 2.73. The summed E-state index contributed by atoms with van der Waals surface area (Å²) in [5.41, 5.74) is -1.41. The number of likely N-dealkylation sites (tertiary alicyclic amines) is 1. The predicted octanol–water partition coefficient (Wildman–Crippen LogP) is 4.45. The van der Waals surface area contributed by atoms with Crippen LogP contribution in [0.25, 0.3) is 0 Å². The molecule has 50 heavy (non-hydrogen) atoms. The Morgan fingerprint density at radius 2 is 1.60 bits per heavy atom. The lowest BCUT2D eigenvalue weighted by Crippen LogP contribution is -2.76. The molecule has 3 amide bonds. The van der Waals surface area contributed by atoms with Gasteiger partial charge in [-0.05, 0) is 111 Å². The maximum atomic E-state index is 13.8. The second kappa shape index (κ2) is 13.5. The number of amides is 3. The van der Waals surface area contributed by atoms with Crippen LogP contribution < -0.4 is 20.1 Å². The number of aliphatic hydroxyl groups is 1. The van der Waals surface area contributed by atoms with Crippen molar-refractivity contribution >= 4 is 24.1 Å². The normalized spacial score (nSPS) is 26.7. The van der Waals surface area contributed by atoms with Gasteiger partial charge < -0.3 is 39.6 Å². The lowest BCUT2D eigenvalue weighted by molar-refractivity contribution is -0.188. The van der Waals surface area contributed by atoms with E-state index < -0.39 is 46.6 Å². The monoisotopic (exact) mass is 698 g/mol. The van der Waals surface area contributed by atoms with Gasteiger partial charge in [-0.1, -0.05) is 6.07 Å². The van der Waals surface area contributed by atoms with Crippen LogP contribution in [-0.2, 0) is 26.1 Å². The van der Waals surface area contributed by atoms with Gasteiger partial charge in [0, 0.05) is 50.7 Å². The molecule has 6 rings (SSSR count). The van der Waals surface area contributed by atoms with Gasteiger partial charge >= 0.3 is 18.3 Å². The van der Waals surface area contributed by atoms with Crippen molar-refractivity contribution in [1.29, 1.82) is 0 Å². The van der Waals surface area contributed by atoms with Crippen LogP contribution in [0, 0.1) is 5.92 Å². The third kappa shape index (κ3) is 7.26. The number of rotatable bonds is 11. The quantitative estimate of drug-likeness (QED) is 0.282. The van der Waals surface area contributed by atoms with Crippen molar-refractivity contribution in [2.75, 3.05) is 39.3 Å². The van der Waals surface area contributed by atoms with Crippen molar-refractivity contribution in [2.24, 2.45) is 5.92 Å². The highest BCUT2D eigenvalue weighted by Crippen LogP contribution is 2.65. The molecule has 3 fully saturated rings. The summed E-state index contributed by atoms with van der Waals surface area (Å²) in [6.45, 7) is 13.5. The summed E-state index contributed by atoms with van der Waals surface area (Å²) in [5.74, 6) is 1.25. The lowest BCUT2D eigenvalue weighted by Gasteiger charge is -2.62.